The van der Waals surface area contributed by atoms with Crippen molar-refractivity contribution in [3.05, 3.63) is 0 Å². The van der Waals surface area contributed by atoms with Crippen molar-refractivity contribution in [2.75, 3.05) is 12.4 Å². The van der Waals surface area contributed by atoms with E-state index in [2.05, 4.69) is 0 Å². The minimum absolute atomic E-state index is 0.0534. The number of rotatable bonds is 6. The molecule has 0 aliphatic heterocycles. The maximum absolute atomic E-state index is 11.5. The van der Waals surface area contributed by atoms with Crippen LogP contribution in [0.3, 0.4) is 0 Å². The quantitative estimate of drug-likeness (QED) is 0.757. The van der Waals surface area contributed by atoms with Gasteiger partial charge in [-0.1, -0.05) is 6.92 Å². The van der Waals surface area contributed by atoms with Crippen LogP contribution in [0, 0.1) is 0 Å². The third kappa shape index (κ3) is 8.57. The number of carboxylic acid groups (broad SMARTS) is 1. The molecular weight excluding hydrogens is 216 g/mol. The molecule has 0 aromatic heterocycles. The molecule has 4 nitrogen and oxygen atoms in total. The number of ether oxygens (including phenoxy) is 1. The highest BCUT2D eigenvalue weighted by atomic mass is 32.2. The first kappa shape index (κ1) is 14.6. The Morgan fingerprint density at radius 1 is 1.47 bits per heavy atom. The van der Waals surface area contributed by atoms with Gasteiger partial charge in [-0.05, 0) is 20.8 Å². The molecule has 0 fully saturated rings. The van der Waals surface area contributed by atoms with E-state index in [-0.39, 0.29) is 17.3 Å². The lowest BCUT2D eigenvalue weighted by atomic mass is 10.2. The summed E-state index contributed by atoms with van der Waals surface area (Å²) < 4.78 is 16.9. The van der Waals surface area contributed by atoms with Crippen LogP contribution >= 0.6 is 0 Å². The standard InChI is InChI=1S/C10H20O4S/c1-8(7-9(11)12)15(13)6-5-14-10(2,3)4/h8H,5-7H2,1-4H3,(H,11,12). The molecule has 2 atom stereocenters. The molecule has 0 spiro atoms. The predicted octanol–water partition coefficient (Wildman–Crippen LogP) is 1.41. The normalized spacial score (nSPS) is 16.0. The summed E-state index contributed by atoms with van der Waals surface area (Å²) in [5.41, 5.74) is -0.236. The Balaban J connectivity index is 3.79. The zero-order valence-corrected chi connectivity index (χ0v) is 10.6. The average molecular weight is 236 g/mol. The van der Waals surface area contributed by atoms with Crippen LogP contribution in [0.25, 0.3) is 0 Å². The Morgan fingerprint density at radius 2 is 2.00 bits per heavy atom. The zero-order valence-electron chi connectivity index (χ0n) is 9.78. The molecule has 15 heavy (non-hydrogen) atoms. The molecular formula is C10H20O4S. The second-order valence-corrected chi connectivity index (χ2v) is 6.43. The number of hydrogen-bond acceptors (Lipinski definition) is 3. The highest BCUT2D eigenvalue weighted by Crippen LogP contribution is 2.08. The third-order valence-electron chi connectivity index (χ3n) is 1.73. The molecule has 0 amide bonds. The molecule has 0 aliphatic carbocycles. The molecule has 0 saturated heterocycles. The summed E-state index contributed by atoms with van der Waals surface area (Å²) in [6, 6.07) is 0. The van der Waals surface area contributed by atoms with E-state index in [0.717, 1.165) is 0 Å². The summed E-state index contributed by atoms with van der Waals surface area (Å²) in [6.07, 6.45) is -0.0534. The van der Waals surface area contributed by atoms with Gasteiger partial charge in [-0.3, -0.25) is 9.00 Å². The van der Waals surface area contributed by atoms with Crippen molar-refractivity contribution in [3.63, 3.8) is 0 Å². The highest BCUT2D eigenvalue weighted by molar-refractivity contribution is 7.85. The molecule has 5 heteroatoms. The fourth-order valence-electron chi connectivity index (χ4n) is 0.970. The minimum Gasteiger partial charge on any atom is -0.481 e. The van der Waals surface area contributed by atoms with E-state index in [1.807, 2.05) is 20.8 Å². The van der Waals surface area contributed by atoms with Crippen molar-refractivity contribution in [2.45, 2.75) is 45.0 Å². The second-order valence-electron chi connectivity index (χ2n) is 4.45. The third-order valence-corrected chi connectivity index (χ3v) is 3.36. The SMILES string of the molecule is CC(CC(=O)O)S(=O)CCOC(C)(C)C. The van der Waals surface area contributed by atoms with Gasteiger partial charge in [0.25, 0.3) is 0 Å². The van der Waals surface area contributed by atoms with Crippen LogP contribution in [0.1, 0.15) is 34.1 Å². The van der Waals surface area contributed by atoms with Crippen LogP contribution < -0.4 is 0 Å². The van der Waals surface area contributed by atoms with Gasteiger partial charge in [0.1, 0.15) is 0 Å². The van der Waals surface area contributed by atoms with E-state index in [1.54, 1.807) is 6.92 Å². The Kier molecular flexibility index (Phi) is 6.05. The summed E-state index contributed by atoms with van der Waals surface area (Å²) in [5, 5.41) is 8.21. The van der Waals surface area contributed by atoms with E-state index in [0.29, 0.717) is 12.4 Å². The number of aliphatic carboxylic acids is 1. The van der Waals surface area contributed by atoms with E-state index in [9.17, 15) is 9.00 Å². The van der Waals surface area contributed by atoms with Crippen molar-refractivity contribution in [3.8, 4) is 0 Å². The summed E-state index contributed by atoms with van der Waals surface area (Å²) in [4.78, 5) is 10.4. The molecule has 0 rings (SSSR count). The predicted molar refractivity (Wildman–Crippen MR) is 60.4 cm³/mol. The Bertz CT molecular complexity index is 232. The molecule has 0 bridgehead atoms. The van der Waals surface area contributed by atoms with E-state index < -0.39 is 16.8 Å². The van der Waals surface area contributed by atoms with Crippen LogP contribution in [-0.4, -0.2) is 38.5 Å². The van der Waals surface area contributed by atoms with Gasteiger partial charge in [0.2, 0.25) is 0 Å². The molecule has 0 aliphatic rings. The van der Waals surface area contributed by atoms with Crippen LogP contribution in [0.15, 0.2) is 0 Å². The lowest BCUT2D eigenvalue weighted by Crippen LogP contribution is -2.25. The lowest BCUT2D eigenvalue weighted by Gasteiger charge is -2.19. The van der Waals surface area contributed by atoms with Gasteiger partial charge in [-0.15, -0.1) is 0 Å². The monoisotopic (exact) mass is 236 g/mol. The van der Waals surface area contributed by atoms with Gasteiger partial charge in [-0.25, -0.2) is 0 Å². The highest BCUT2D eigenvalue weighted by Gasteiger charge is 2.16. The number of carbonyl (C=O) groups is 1. The fraction of sp³-hybridized carbons (Fsp3) is 0.900. The van der Waals surface area contributed by atoms with Crippen molar-refractivity contribution in [1.82, 2.24) is 0 Å². The molecule has 0 aromatic carbocycles. The fourth-order valence-corrected chi connectivity index (χ4v) is 1.95. The number of hydrogen-bond donors (Lipinski definition) is 1. The first-order valence-electron chi connectivity index (χ1n) is 4.95. The van der Waals surface area contributed by atoms with Gasteiger partial charge in [0.15, 0.2) is 0 Å². The summed E-state index contributed by atoms with van der Waals surface area (Å²) in [7, 11) is -1.13. The minimum atomic E-state index is -1.13. The van der Waals surface area contributed by atoms with Gasteiger partial charge in [0.05, 0.1) is 18.6 Å². The van der Waals surface area contributed by atoms with Crippen molar-refractivity contribution >= 4 is 16.8 Å². The van der Waals surface area contributed by atoms with E-state index in [4.69, 9.17) is 9.84 Å². The van der Waals surface area contributed by atoms with Crippen molar-refractivity contribution in [1.29, 1.82) is 0 Å². The molecule has 1 N–H and O–H groups in total. The summed E-state index contributed by atoms with van der Waals surface area (Å²) in [5.74, 6) is -0.515. The molecule has 0 saturated carbocycles. The second kappa shape index (κ2) is 6.23. The molecule has 2 unspecified atom stereocenters. The largest absolute Gasteiger partial charge is 0.481 e. The van der Waals surface area contributed by atoms with E-state index >= 15 is 0 Å². The summed E-state index contributed by atoms with van der Waals surface area (Å²) >= 11 is 0. The molecule has 0 aromatic rings. The van der Waals surface area contributed by atoms with E-state index in [1.165, 1.54) is 0 Å². The van der Waals surface area contributed by atoms with Gasteiger partial charge in [0, 0.05) is 21.8 Å². The van der Waals surface area contributed by atoms with Crippen LogP contribution in [0.2, 0.25) is 0 Å². The van der Waals surface area contributed by atoms with Crippen LogP contribution in [0.4, 0.5) is 0 Å². The number of carboxylic acids is 1. The topological polar surface area (TPSA) is 63.6 Å². The van der Waals surface area contributed by atoms with Crippen LogP contribution in [-0.2, 0) is 20.3 Å². The Hall–Kier alpha value is -0.420. The van der Waals surface area contributed by atoms with Crippen molar-refractivity contribution in [2.24, 2.45) is 0 Å². The lowest BCUT2D eigenvalue weighted by molar-refractivity contribution is -0.136. The Morgan fingerprint density at radius 3 is 2.40 bits per heavy atom. The first-order chi connectivity index (χ1) is 6.72. The first-order valence-corrected chi connectivity index (χ1v) is 6.33. The molecule has 0 heterocycles. The maximum atomic E-state index is 11.5. The Labute approximate surface area is 93.5 Å². The average Bonchev–Trinajstić information content (AvgIpc) is 2.00. The maximum Gasteiger partial charge on any atom is 0.304 e. The summed E-state index contributed by atoms with van der Waals surface area (Å²) in [6.45, 7) is 7.87. The molecule has 0 radical (unpaired) electrons. The van der Waals surface area contributed by atoms with Gasteiger partial charge in [-0.2, -0.15) is 0 Å². The molecule has 90 valence electrons. The van der Waals surface area contributed by atoms with Crippen LogP contribution in [0.5, 0.6) is 0 Å². The zero-order chi connectivity index (χ0) is 12.1. The van der Waals surface area contributed by atoms with Gasteiger partial charge < -0.3 is 9.84 Å². The van der Waals surface area contributed by atoms with Crippen molar-refractivity contribution < 1.29 is 18.8 Å². The smallest absolute Gasteiger partial charge is 0.304 e. The van der Waals surface area contributed by atoms with Gasteiger partial charge >= 0.3 is 5.97 Å².